The first-order valence-corrected chi connectivity index (χ1v) is 6.89. The van der Waals surface area contributed by atoms with Crippen molar-refractivity contribution in [1.29, 1.82) is 0 Å². The van der Waals surface area contributed by atoms with Gasteiger partial charge in [0.1, 0.15) is 17.2 Å². The van der Waals surface area contributed by atoms with Gasteiger partial charge in [0.05, 0.1) is 7.11 Å². The summed E-state index contributed by atoms with van der Waals surface area (Å²) in [6.07, 6.45) is 0.859. The van der Waals surface area contributed by atoms with Gasteiger partial charge >= 0.3 is 0 Å². The zero-order chi connectivity index (χ0) is 14.5. The summed E-state index contributed by atoms with van der Waals surface area (Å²) in [6.45, 7) is 2.47. The van der Waals surface area contributed by atoms with Crippen LogP contribution in [-0.2, 0) is 13.0 Å². The Balaban J connectivity index is 2.33. The molecule has 0 aliphatic carbocycles. The molecule has 0 aliphatic rings. The number of benzene rings is 2. The third-order valence-electron chi connectivity index (χ3n) is 3.12. The average molecular weight is 292 g/mol. The Bertz CT molecular complexity index is 599. The fourth-order valence-electron chi connectivity index (χ4n) is 1.94. The number of methoxy groups -OCH3 is 1. The largest absolute Gasteiger partial charge is 0.497 e. The summed E-state index contributed by atoms with van der Waals surface area (Å²) in [5, 5.41) is 0.754. The van der Waals surface area contributed by atoms with Crippen LogP contribution in [0.5, 0.6) is 17.2 Å². The van der Waals surface area contributed by atoms with Crippen LogP contribution < -0.4 is 15.2 Å². The van der Waals surface area contributed by atoms with Crippen LogP contribution in [0.3, 0.4) is 0 Å². The van der Waals surface area contributed by atoms with Crippen molar-refractivity contribution in [3.63, 3.8) is 0 Å². The van der Waals surface area contributed by atoms with Gasteiger partial charge in [-0.25, -0.2) is 0 Å². The number of ether oxygens (including phenoxy) is 2. The molecule has 0 spiro atoms. The molecule has 0 fully saturated rings. The molecule has 0 saturated heterocycles. The molecule has 2 aromatic rings. The molecule has 0 saturated carbocycles. The van der Waals surface area contributed by atoms with Crippen LogP contribution in [0.4, 0.5) is 0 Å². The van der Waals surface area contributed by atoms with E-state index in [0.29, 0.717) is 12.3 Å². The molecule has 106 valence electrons. The van der Waals surface area contributed by atoms with E-state index in [0.717, 1.165) is 34.1 Å². The summed E-state index contributed by atoms with van der Waals surface area (Å²) >= 11 is 6.11. The summed E-state index contributed by atoms with van der Waals surface area (Å²) in [7, 11) is 1.62. The van der Waals surface area contributed by atoms with Crippen LogP contribution in [0.2, 0.25) is 5.02 Å². The van der Waals surface area contributed by atoms with Crippen molar-refractivity contribution in [1.82, 2.24) is 0 Å². The maximum atomic E-state index is 6.11. The zero-order valence-corrected chi connectivity index (χ0v) is 12.4. The fraction of sp³-hybridized carbons (Fsp3) is 0.250. The van der Waals surface area contributed by atoms with E-state index in [4.69, 9.17) is 26.8 Å². The summed E-state index contributed by atoms with van der Waals surface area (Å²) in [5.41, 5.74) is 7.72. The lowest BCUT2D eigenvalue weighted by Crippen LogP contribution is -2.00. The van der Waals surface area contributed by atoms with E-state index in [2.05, 4.69) is 6.92 Å². The third kappa shape index (κ3) is 3.24. The van der Waals surface area contributed by atoms with E-state index in [1.165, 1.54) is 0 Å². The Morgan fingerprint density at radius 1 is 1.05 bits per heavy atom. The second kappa shape index (κ2) is 6.64. The summed E-state index contributed by atoms with van der Waals surface area (Å²) in [6, 6.07) is 11.3. The molecule has 2 aromatic carbocycles. The van der Waals surface area contributed by atoms with Crippen molar-refractivity contribution in [2.75, 3.05) is 7.11 Å². The molecule has 0 unspecified atom stereocenters. The minimum absolute atomic E-state index is 0.410. The highest BCUT2D eigenvalue weighted by atomic mass is 35.5. The molecule has 0 heterocycles. The highest BCUT2D eigenvalue weighted by Gasteiger charge is 2.07. The molecule has 0 aliphatic heterocycles. The van der Waals surface area contributed by atoms with Crippen molar-refractivity contribution in [3.05, 3.63) is 52.5 Å². The first-order chi connectivity index (χ1) is 9.67. The second-order valence-electron chi connectivity index (χ2n) is 4.39. The first kappa shape index (κ1) is 14.7. The van der Waals surface area contributed by atoms with Crippen LogP contribution in [-0.4, -0.2) is 7.11 Å². The summed E-state index contributed by atoms with van der Waals surface area (Å²) in [5.74, 6) is 2.19. The van der Waals surface area contributed by atoms with E-state index in [9.17, 15) is 0 Å². The molecule has 2 rings (SSSR count). The topological polar surface area (TPSA) is 44.5 Å². The molecular weight excluding hydrogens is 274 g/mol. The number of hydrogen-bond donors (Lipinski definition) is 1. The third-order valence-corrected chi connectivity index (χ3v) is 3.49. The van der Waals surface area contributed by atoms with Gasteiger partial charge in [-0.05, 0) is 36.2 Å². The molecular formula is C16H18ClNO2. The predicted molar refractivity (Wildman–Crippen MR) is 81.8 cm³/mol. The summed E-state index contributed by atoms with van der Waals surface area (Å²) < 4.78 is 11.1. The number of aryl methyl sites for hydroxylation is 1. The Morgan fingerprint density at radius 2 is 1.80 bits per heavy atom. The number of rotatable bonds is 5. The van der Waals surface area contributed by atoms with E-state index in [-0.39, 0.29) is 0 Å². The van der Waals surface area contributed by atoms with Crippen LogP contribution in [0.1, 0.15) is 18.1 Å². The van der Waals surface area contributed by atoms with Crippen LogP contribution >= 0.6 is 11.6 Å². The van der Waals surface area contributed by atoms with E-state index < -0.39 is 0 Å². The lowest BCUT2D eigenvalue weighted by atomic mass is 10.1. The number of nitrogens with two attached hydrogens (primary N) is 1. The molecule has 0 amide bonds. The van der Waals surface area contributed by atoms with Gasteiger partial charge in [-0.3, -0.25) is 0 Å². The molecule has 20 heavy (non-hydrogen) atoms. The lowest BCUT2D eigenvalue weighted by Gasteiger charge is -2.13. The van der Waals surface area contributed by atoms with Gasteiger partial charge in [-0.2, -0.15) is 0 Å². The Kier molecular flexibility index (Phi) is 4.88. The van der Waals surface area contributed by atoms with Crippen LogP contribution in [0.15, 0.2) is 36.4 Å². The Labute approximate surface area is 124 Å². The second-order valence-corrected chi connectivity index (χ2v) is 4.79. The maximum absolute atomic E-state index is 6.11. The zero-order valence-electron chi connectivity index (χ0n) is 11.7. The normalized spacial score (nSPS) is 10.4. The van der Waals surface area contributed by atoms with Crippen molar-refractivity contribution in [3.8, 4) is 17.2 Å². The highest BCUT2D eigenvalue weighted by Crippen LogP contribution is 2.31. The van der Waals surface area contributed by atoms with Crippen molar-refractivity contribution < 1.29 is 9.47 Å². The standard InChI is InChI=1S/C16H18ClNO2/c1-3-11-8-14(6-7-15(11)17)20-16-9-13(19-2)5-4-12(16)10-18/h4-9H,3,10,18H2,1-2H3. The van der Waals surface area contributed by atoms with E-state index in [1.54, 1.807) is 7.11 Å². The van der Waals surface area contributed by atoms with Crippen molar-refractivity contribution in [2.45, 2.75) is 19.9 Å². The first-order valence-electron chi connectivity index (χ1n) is 6.51. The van der Waals surface area contributed by atoms with Gasteiger partial charge in [0.25, 0.3) is 0 Å². The minimum atomic E-state index is 0.410. The van der Waals surface area contributed by atoms with Gasteiger partial charge in [-0.1, -0.05) is 24.6 Å². The van der Waals surface area contributed by atoms with Crippen molar-refractivity contribution in [2.24, 2.45) is 5.73 Å². The van der Waals surface area contributed by atoms with E-state index >= 15 is 0 Å². The van der Waals surface area contributed by atoms with Gasteiger partial charge in [0, 0.05) is 23.2 Å². The lowest BCUT2D eigenvalue weighted by molar-refractivity contribution is 0.408. The molecule has 4 heteroatoms. The van der Waals surface area contributed by atoms with Crippen molar-refractivity contribution >= 4 is 11.6 Å². The Morgan fingerprint density at radius 3 is 2.45 bits per heavy atom. The quantitative estimate of drug-likeness (QED) is 0.899. The maximum Gasteiger partial charge on any atom is 0.135 e. The van der Waals surface area contributed by atoms with Crippen LogP contribution in [0, 0.1) is 0 Å². The molecule has 0 radical (unpaired) electrons. The van der Waals surface area contributed by atoms with Gasteiger partial charge < -0.3 is 15.2 Å². The van der Waals surface area contributed by atoms with Gasteiger partial charge in [-0.15, -0.1) is 0 Å². The Hall–Kier alpha value is -1.71. The molecule has 0 aromatic heterocycles. The minimum Gasteiger partial charge on any atom is -0.497 e. The monoisotopic (exact) mass is 291 g/mol. The number of halogens is 1. The molecule has 3 nitrogen and oxygen atoms in total. The molecule has 0 atom stereocenters. The predicted octanol–water partition coefficient (Wildman–Crippen LogP) is 4.16. The van der Waals surface area contributed by atoms with E-state index in [1.807, 2.05) is 36.4 Å². The smallest absolute Gasteiger partial charge is 0.135 e. The SMILES string of the molecule is CCc1cc(Oc2cc(OC)ccc2CN)ccc1Cl. The average Bonchev–Trinajstić information content (AvgIpc) is 2.49. The van der Waals surface area contributed by atoms with Crippen LogP contribution in [0.25, 0.3) is 0 Å². The fourth-order valence-corrected chi connectivity index (χ4v) is 2.19. The molecule has 0 bridgehead atoms. The van der Waals surface area contributed by atoms with Gasteiger partial charge in [0.15, 0.2) is 0 Å². The summed E-state index contributed by atoms with van der Waals surface area (Å²) in [4.78, 5) is 0. The number of hydrogen-bond acceptors (Lipinski definition) is 3. The highest BCUT2D eigenvalue weighted by molar-refractivity contribution is 6.31. The molecule has 2 N–H and O–H groups in total. The van der Waals surface area contributed by atoms with Gasteiger partial charge in [0.2, 0.25) is 0 Å².